The number of rotatable bonds is 1. The van der Waals surface area contributed by atoms with Crippen LogP contribution < -0.4 is 28.1 Å². The minimum atomic E-state index is -0.171. The summed E-state index contributed by atoms with van der Waals surface area (Å²) in [7, 11) is 1.43. The Labute approximate surface area is 157 Å². The Bertz CT molecular complexity index is 684. The van der Waals surface area contributed by atoms with Crippen molar-refractivity contribution >= 4 is 10.6 Å². The predicted molar refractivity (Wildman–Crippen MR) is 85.0 cm³/mol. The van der Waals surface area contributed by atoms with Gasteiger partial charge in [-0.25, -0.2) is 0 Å². The molecule has 1 aliphatic carbocycles. The third-order valence-corrected chi connectivity index (χ3v) is 9.28. The van der Waals surface area contributed by atoms with Crippen molar-refractivity contribution in [2.45, 2.75) is 6.42 Å². The minimum Gasteiger partial charge on any atom is -0.368 e. The number of aromatic nitrogens is 1. The first-order valence-electron chi connectivity index (χ1n) is 6.86. The van der Waals surface area contributed by atoms with Crippen LogP contribution in [0.1, 0.15) is 11.1 Å². The molecule has 1 N–H and O–H groups in total. The zero-order valence-electron chi connectivity index (χ0n) is 12.3. The van der Waals surface area contributed by atoms with E-state index in [1.165, 1.54) is 30.5 Å². The smallest absolute Gasteiger partial charge is 0.000496 e. The number of benzene rings is 2. The van der Waals surface area contributed by atoms with E-state index in [-0.39, 0.29) is 47.2 Å². The van der Waals surface area contributed by atoms with Crippen LogP contribution >= 0.6 is 0 Å². The molecular weight excluding hydrogens is 408 g/mol. The molecule has 0 aliphatic heterocycles. The summed E-state index contributed by atoms with van der Waals surface area (Å²) in [6.07, 6.45) is 4.94. The molecule has 112 valence electrons. The molecule has 0 radical (unpaired) electrons. The Kier molecular flexibility index (Phi) is 8.41. The van der Waals surface area contributed by atoms with Crippen molar-refractivity contribution in [1.82, 2.24) is 4.98 Å². The molecule has 0 bridgehead atoms. The van der Waals surface area contributed by atoms with Crippen molar-refractivity contribution < 1.29 is 47.2 Å². The zero-order valence-corrected chi connectivity index (χ0v) is 18.3. The van der Waals surface area contributed by atoms with Crippen molar-refractivity contribution in [3.63, 3.8) is 0 Å². The number of halogens is 2. The van der Waals surface area contributed by atoms with E-state index in [1.807, 2.05) is 24.5 Å². The van der Waals surface area contributed by atoms with E-state index in [4.69, 9.17) is 0 Å². The predicted octanol–water partition coefficient (Wildman–Crippen LogP) is -3.73. The van der Waals surface area contributed by atoms with Crippen LogP contribution in [0, 0.1) is 0 Å². The molecule has 1 nitrogen and oxygen atoms in total. The van der Waals surface area contributed by atoms with Gasteiger partial charge in [0, 0.05) is 12.4 Å². The van der Waals surface area contributed by atoms with Gasteiger partial charge in [-0.15, -0.1) is 0 Å². The Morgan fingerprint density at radius 1 is 0.818 bits per heavy atom. The largest absolute Gasteiger partial charge is 0.368 e. The molecule has 0 fully saturated rings. The molecule has 0 atom stereocenters. The number of hydrogen-bond acceptors (Lipinski definition) is 0. The minimum absolute atomic E-state index is 0. The van der Waals surface area contributed by atoms with Gasteiger partial charge in [0.05, 0.1) is 0 Å². The Hall–Kier alpha value is -0.600. The van der Waals surface area contributed by atoms with Gasteiger partial charge in [0.25, 0.3) is 0 Å². The number of hydrogen-bond donors (Lipinski definition) is 1. The summed E-state index contributed by atoms with van der Waals surface area (Å²) < 4.78 is 1.74. The van der Waals surface area contributed by atoms with Crippen molar-refractivity contribution in [3.05, 3.63) is 78.1 Å². The summed E-state index contributed by atoms with van der Waals surface area (Å²) in [6, 6.07) is 19.6. The molecule has 2 aromatic carbocycles. The molecule has 1 heterocycles. The van der Waals surface area contributed by atoms with Crippen LogP contribution in [-0.2, 0) is 28.8 Å². The second-order valence-electron chi connectivity index (χ2n) is 4.80. The fraction of sp³-hybridized carbons (Fsp3) is 0.0588. The molecule has 0 unspecified atom stereocenters. The van der Waals surface area contributed by atoms with Gasteiger partial charge < -0.3 is 29.8 Å². The molecule has 0 amide bonds. The number of fused-ring (bicyclic) bond motifs is 3. The number of aromatic amines is 1. The summed E-state index contributed by atoms with van der Waals surface area (Å²) >= 11 is -0.171. The van der Waals surface area contributed by atoms with Crippen LogP contribution in [-0.4, -0.2) is 12.4 Å². The van der Waals surface area contributed by atoms with Crippen molar-refractivity contribution in [1.29, 1.82) is 0 Å². The second kappa shape index (κ2) is 9.52. The molecule has 0 spiro atoms. The Balaban J connectivity index is 0.000000299. The van der Waals surface area contributed by atoms with Gasteiger partial charge in [-0.3, -0.25) is 0 Å². The molecular formula is C17H17Cl2NSiZr. The van der Waals surface area contributed by atoms with Gasteiger partial charge in [-0.2, -0.15) is 0 Å². The van der Waals surface area contributed by atoms with Crippen molar-refractivity contribution in [3.8, 4) is 11.1 Å². The number of nitrogens with one attached hydrogen (secondary N) is 1. The van der Waals surface area contributed by atoms with Gasteiger partial charge in [0.1, 0.15) is 0 Å². The van der Waals surface area contributed by atoms with Gasteiger partial charge >= 0.3 is 104 Å². The normalized spacial score (nSPS) is 10.0. The summed E-state index contributed by atoms with van der Waals surface area (Å²) in [5, 5.41) is 0. The van der Waals surface area contributed by atoms with Gasteiger partial charge in [0.15, 0.2) is 0 Å². The first-order valence-corrected chi connectivity index (χ1v) is 16.5. The SMILES string of the molecule is [Cl-].[Cl-].[SiH3][Zr+2][c]1cccc2c1Cc1ccccc1-2.c1cc[nH]c1. The summed E-state index contributed by atoms with van der Waals surface area (Å²) in [5.74, 6) is 0. The molecule has 0 saturated heterocycles. The molecule has 3 aromatic rings. The summed E-state index contributed by atoms with van der Waals surface area (Å²) in [4.78, 5) is 2.86. The molecule has 0 saturated carbocycles. The van der Waals surface area contributed by atoms with Crippen LogP contribution in [0.15, 0.2) is 67.0 Å². The van der Waals surface area contributed by atoms with Crippen LogP contribution in [0.4, 0.5) is 0 Å². The van der Waals surface area contributed by atoms with Crippen LogP contribution in [0.3, 0.4) is 0 Å². The van der Waals surface area contributed by atoms with Crippen LogP contribution in [0.25, 0.3) is 11.1 Å². The van der Waals surface area contributed by atoms with Gasteiger partial charge in [-0.05, 0) is 12.1 Å². The van der Waals surface area contributed by atoms with E-state index >= 15 is 0 Å². The van der Waals surface area contributed by atoms with E-state index in [1.54, 1.807) is 8.83 Å². The van der Waals surface area contributed by atoms with E-state index in [0.717, 1.165) is 0 Å². The van der Waals surface area contributed by atoms with E-state index in [0.29, 0.717) is 0 Å². The molecule has 4 rings (SSSR count). The molecule has 1 aliphatic rings. The molecule has 1 aromatic heterocycles. The van der Waals surface area contributed by atoms with Crippen LogP contribution in [0.5, 0.6) is 0 Å². The maximum atomic E-state index is 2.86. The quantitative estimate of drug-likeness (QED) is 0.302. The first kappa shape index (κ1) is 19.4. The fourth-order valence-corrected chi connectivity index (χ4v) is 7.38. The Morgan fingerprint density at radius 3 is 2.14 bits per heavy atom. The molecule has 5 heteroatoms. The van der Waals surface area contributed by atoms with Crippen molar-refractivity contribution in [2.75, 3.05) is 0 Å². The average Bonchev–Trinajstić information content (AvgIpc) is 3.17. The monoisotopic (exact) mass is 423 g/mol. The van der Waals surface area contributed by atoms with E-state index in [9.17, 15) is 0 Å². The zero-order chi connectivity index (χ0) is 13.8. The number of H-pyrrole nitrogens is 1. The topological polar surface area (TPSA) is 15.8 Å². The van der Waals surface area contributed by atoms with E-state index < -0.39 is 0 Å². The first-order chi connectivity index (χ1) is 9.90. The van der Waals surface area contributed by atoms with Gasteiger partial charge in [0.2, 0.25) is 0 Å². The summed E-state index contributed by atoms with van der Waals surface area (Å²) in [6.45, 7) is 0. The maximum Gasteiger partial charge on any atom is 0.000496 e. The van der Waals surface area contributed by atoms with E-state index in [2.05, 4.69) is 47.4 Å². The third kappa shape index (κ3) is 4.23. The standard InChI is InChI=1S/C13H9.C4H5N.2ClH.H3Si.Zr/c1-3-7-12-10(5-1)9-11-6-2-4-8-13(11)12;1-2-4-5-3-1;;;;/h1-5,7-8H,9H2;1-5H;2*1H;1H3;/q;;;;;+2/p-2. The van der Waals surface area contributed by atoms with Crippen LogP contribution in [0.2, 0.25) is 0 Å². The van der Waals surface area contributed by atoms with Gasteiger partial charge in [-0.1, -0.05) is 0 Å². The van der Waals surface area contributed by atoms with Crippen molar-refractivity contribution in [2.24, 2.45) is 0 Å². The Morgan fingerprint density at radius 2 is 1.50 bits per heavy atom. The second-order valence-corrected chi connectivity index (χ2v) is 10.3. The maximum absolute atomic E-state index is 2.86. The third-order valence-electron chi connectivity index (χ3n) is 3.62. The molecule has 22 heavy (non-hydrogen) atoms. The average molecular weight is 426 g/mol. The fourth-order valence-electron chi connectivity index (χ4n) is 2.67. The summed E-state index contributed by atoms with van der Waals surface area (Å²) in [5.41, 5.74) is 6.17.